The van der Waals surface area contributed by atoms with Crippen LogP contribution in [0.2, 0.25) is 0 Å². The number of hydrogen-bond acceptors (Lipinski definition) is 4. The SMILES string of the molecule is CCCS(=O)(=O)N1CCCCC1C(=O)N1CCC[C@H](C(=O)O)C1. The fourth-order valence-corrected chi connectivity index (χ4v) is 5.19. The maximum Gasteiger partial charge on any atom is 0.308 e. The summed E-state index contributed by atoms with van der Waals surface area (Å²) in [6.07, 6.45) is 3.86. The summed E-state index contributed by atoms with van der Waals surface area (Å²) in [4.78, 5) is 25.5. The van der Waals surface area contributed by atoms with Crippen LogP contribution in [-0.4, -0.2) is 66.0 Å². The van der Waals surface area contributed by atoms with Gasteiger partial charge in [0.25, 0.3) is 0 Å². The number of carboxylic acid groups (broad SMARTS) is 1. The van der Waals surface area contributed by atoms with Gasteiger partial charge in [0.05, 0.1) is 11.7 Å². The van der Waals surface area contributed by atoms with Crippen LogP contribution < -0.4 is 0 Å². The maximum atomic E-state index is 12.8. The fraction of sp³-hybridized carbons (Fsp3) is 0.867. The van der Waals surface area contributed by atoms with Crippen molar-refractivity contribution in [2.45, 2.75) is 51.5 Å². The summed E-state index contributed by atoms with van der Waals surface area (Å²) in [6, 6.07) is -0.659. The van der Waals surface area contributed by atoms with Gasteiger partial charge in [0.15, 0.2) is 0 Å². The van der Waals surface area contributed by atoms with E-state index in [0.717, 1.165) is 12.8 Å². The molecule has 2 aliphatic heterocycles. The molecule has 0 aromatic rings. The highest BCUT2D eigenvalue weighted by Gasteiger charge is 2.39. The average molecular weight is 346 g/mol. The molecule has 1 N–H and O–H groups in total. The Hall–Kier alpha value is -1.15. The van der Waals surface area contributed by atoms with Crippen molar-refractivity contribution in [1.82, 2.24) is 9.21 Å². The number of likely N-dealkylation sites (tertiary alicyclic amines) is 1. The Balaban J connectivity index is 2.13. The van der Waals surface area contributed by atoms with Crippen molar-refractivity contribution in [1.29, 1.82) is 0 Å². The first kappa shape index (κ1) is 18.2. The molecule has 23 heavy (non-hydrogen) atoms. The lowest BCUT2D eigenvalue weighted by Gasteiger charge is -2.39. The predicted molar refractivity (Wildman–Crippen MR) is 85.4 cm³/mol. The van der Waals surface area contributed by atoms with E-state index < -0.39 is 28.0 Å². The molecule has 8 heteroatoms. The number of aliphatic carboxylic acids is 1. The Morgan fingerprint density at radius 2 is 1.87 bits per heavy atom. The van der Waals surface area contributed by atoms with Crippen LogP contribution in [-0.2, 0) is 19.6 Å². The minimum atomic E-state index is -3.43. The lowest BCUT2D eigenvalue weighted by atomic mass is 9.96. The van der Waals surface area contributed by atoms with Crippen molar-refractivity contribution in [3.05, 3.63) is 0 Å². The molecule has 1 amide bonds. The second-order valence-electron chi connectivity index (χ2n) is 6.40. The molecule has 0 aromatic carbocycles. The van der Waals surface area contributed by atoms with Gasteiger partial charge in [-0.1, -0.05) is 13.3 Å². The Bertz CT molecular complexity index is 548. The minimum absolute atomic E-state index is 0.0501. The number of carboxylic acids is 1. The van der Waals surface area contributed by atoms with Gasteiger partial charge in [-0.2, -0.15) is 4.31 Å². The standard InChI is InChI=1S/C15H26N2O5S/c1-2-10-23(21,22)17-9-4-3-7-13(17)14(18)16-8-5-6-12(11-16)15(19)20/h12-13H,2-11H2,1H3,(H,19,20)/t12-,13?/m0/s1. The number of carbonyl (C=O) groups excluding carboxylic acids is 1. The molecule has 0 spiro atoms. The van der Waals surface area contributed by atoms with E-state index in [1.165, 1.54) is 4.31 Å². The number of rotatable bonds is 5. The summed E-state index contributed by atoms with van der Waals surface area (Å²) in [5, 5.41) is 9.16. The van der Waals surface area contributed by atoms with E-state index >= 15 is 0 Å². The second kappa shape index (κ2) is 7.61. The fourth-order valence-electron chi connectivity index (χ4n) is 3.45. The van der Waals surface area contributed by atoms with E-state index in [1.54, 1.807) is 11.8 Å². The molecule has 0 aromatic heterocycles. The van der Waals surface area contributed by atoms with E-state index in [1.807, 2.05) is 0 Å². The molecule has 0 bridgehead atoms. The molecule has 2 fully saturated rings. The molecular weight excluding hydrogens is 320 g/mol. The third-order valence-corrected chi connectivity index (χ3v) is 6.72. The Morgan fingerprint density at radius 1 is 1.13 bits per heavy atom. The predicted octanol–water partition coefficient (Wildman–Crippen LogP) is 0.904. The number of hydrogen-bond donors (Lipinski definition) is 1. The van der Waals surface area contributed by atoms with Crippen molar-refractivity contribution in [3.8, 4) is 0 Å². The molecule has 2 saturated heterocycles. The summed E-state index contributed by atoms with van der Waals surface area (Å²) in [5.41, 5.74) is 0. The monoisotopic (exact) mass is 346 g/mol. The molecule has 2 rings (SSSR count). The third kappa shape index (κ3) is 4.23. The van der Waals surface area contributed by atoms with Crippen molar-refractivity contribution in [2.75, 3.05) is 25.4 Å². The first-order chi connectivity index (χ1) is 10.9. The highest BCUT2D eigenvalue weighted by Crippen LogP contribution is 2.25. The highest BCUT2D eigenvalue weighted by atomic mass is 32.2. The topological polar surface area (TPSA) is 95.0 Å². The summed E-state index contributed by atoms with van der Waals surface area (Å²) >= 11 is 0. The van der Waals surface area contributed by atoms with Gasteiger partial charge in [-0.25, -0.2) is 8.42 Å². The van der Waals surface area contributed by atoms with Gasteiger partial charge in [-0.15, -0.1) is 0 Å². The highest BCUT2D eigenvalue weighted by molar-refractivity contribution is 7.89. The molecule has 7 nitrogen and oxygen atoms in total. The van der Waals surface area contributed by atoms with Crippen LogP contribution >= 0.6 is 0 Å². The number of piperidine rings is 2. The summed E-state index contributed by atoms with van der Waals surface area (Å²) in [5.74, 6) is -1.61. The largest absolute Gasteiger partial charge is 0.481 e. The Morgan fingerprint density at radius 3 is 2.52 bits per heavy atom. The summed E-state index contributed by atoms with van der Waals surface area (Å²) < 4.78 is 26.2. The van der Waals surface area contributed by atoms with Crippen molar-refractivity contribution < 1.29 is 23.1 Å². The zero-order valence-electron chi connectivity index (χ0n) is 13.6. The molecule has 0 saturated carbocycles. The smallest absolute Gasteiger partial charge is 0.308 e. The summed E-state index contributed by atoms with van der Waals surface area (Å²) in [6.45, 7) is 2.89. The molecule has 2 atom stereocenters. The normalized spacial score (nSPS) is 26.9. The molecule has 1 unspecified atom stereocenters. The first-order valence-electron chi connectivity index (χ1n) is 8.38. The number of amides is 1. The van der Waals surface area contributed by atoms with Crippen molar-refractivity contribution in [2.24, 2.45) is 5.92 Å². The molecule has 0 aliphatic carbocycles. The van der Waals surface area contributed by atoms with Gasteiger partial charge in [-0.05, 0) is 32.1 Å². The van der Waals surface area contributed by atoms with Crippen LogP contribution in [0.3, 0.4) is 0 Å². The van der Waals surface area contributed by atoms with Crippen LogP contribution in [0.15, 0.2) is 0 Å². The van der Waals surface area contributed by atoms with Crippen LogP contribution in [0.25, 0.3) is 0 Å². The number of carbonyl (C=O) groups is 2. The van der Waals surface area contributed by atoms with E-state index in [9.17, 15) is 18.0 Å². The lowest BCUT2D eigenvalue weighted by molar-refractivity contribution is -0.147. The van der Waals surface area contributed by atoms with Gasteiger partial charge in [0, 0.05) is 19.6 Å². The van der Waals surface area contributed by atoms with E-state index in [0.29, 0.717) is 38.8 Å². The van der Waals surface area contributed by atoms with Crippen molar-refractivity contribution in [3.63, 3.8) is 0 Å². The lowest BCUT2D eigenvalue weighted by Crippen LogP contribution is -2.55. The quantitative estimate of drug-likeness (QED) is 0.798. The zero-order valence-corrected chi connectivity index (χ0v) is 14.4. The Kier molecular flexibility index (Phi) is 6.02. The molecule has 132 valence electrons. The maximum absolute atomic E-state index is 12.8. The zero-order chi connectivity index (χ0) is 17.0. The van der Waals surface area contributed by atoms with Gasteiger partial charge >= 0.3 is 5.97 Å². The van der Waals surface area contributed by atoms with Gasteiger partial charge in [-0.3, -0.25) is 9.59 Å². The van der Waals surface area contributed by atoms with E-state index in [2.05, 4.69) is 0 Å². The number of nitrogens with zero attached hydrogens (tertiary/aromatic N) is 2. The van der Waals surface area contributed by atoms with Crippen molar-refractivity contribution >= 4 is 21.9 Å². The van der Waals surface area contributed by atoms with Gasteiger partial charge < -0.3 is 10.0 Å². The summed E-state index contributed by atoms with van der Waals surface area (Å²) in [7, 11) is -3.43. The van der Waals surface area contributed by atoms with Crippen LogP contribution in [0.4, 0.5) is 0 Å². The second-order valence-corrected chi connectivity index (χ2v) is 8.44. The van der Waals surface area contributed by atoms with Crippen LogP contribution in [0, 0.1) is 5.92 Å². The molecule has 2 heterocycles. The molecular formula is C15H26N2O5S. The molecule has 2 aliphatic rings. The van der Waals surface area contributed by atoms with Crippen LogP contribution in [0.1, 0.15) is 45.4 Å². The van der Waals surface area contributed by atoms with Crippen LogP contribution in [0.5, 0.6) is 0 Å². The first-order valence-corrected chi connectivity index (χ1v) is 9.99. The minimum Gasteiger partial charge on any atom is -0.481 e. The Labute approximate surface area is 137 Å². The van der Waals surface area contributed by atoms with E-state index in [4.69, 9.17) is 5.11 Å². The third-order valence-electron chi connectivity index (χ3n) is 4.64. The van der Waals surface area contributed by atoms with Gasteiger partial charge in [0.1, 0.15) is 6.04 Å². The van der Waals surface area contributed by atoms with Gasteiger partial charge in [0.2, 0.25) is 15.9 Å². The van der Waals surface area contributed by atoms with E-state index in [-0.39, 0.29) is 18.2 Å². The molecule has 0 radical (unpaired) electrons. The number of sulfonamides is 1. The average Bonchev–Trinajstić information content (AvgIpc) is 2.54.